The molecule has 0 bridgehead atoms. The molecule has 2 N–H and O–H groups in total. The van der Waals surface area contributed by atoms with Crippen LogP contribution < -0.4 is 24.8 Å². The van der Waals surface area contributed by atoms with E-state index in [1.807, 2.05) is 43.3 Å². The first-order valence-corrected chi connectivity index (χ1v) is 10.7. The van der Waals surface area contributed by atoms with Gasteiger partial charge in [-0.15, -0.1) is 0 Å². The Bertz CT molecular complexity index is 944. The molecule has 0 aliphatic carbocycles. The van der Waals surface area contributed by atoms with Crippen LogP contribution in [0.1, 0.15) is 23.6 Å². The normalized spacial score (nSPS) is 13.2. The second-order valence-electron chi connectivity index (χ2n) is 7.44. The Labute approximate surface area is 189 Å². The van der Waals surface area contributed by atoms with Gasteiger partial charge in [0.1, 0.15) is 12.3 Å². The lowest BCUT2D eigenvalue weighted by atomic mass is 9.99. The monoisotopic (exact) mass is 440 g/mol. The minimum Gasteiger partial charge on any atom is -0.497 e. The van der Waals surface area contributed by atoms with Gasteiger partial charge < -0.3 is 29.7 Å². The Balaban J connectivity index is 1.62. The van der Waals surface area contributed by atoms with E-state index in [0.29, 0.717) is 18.8 Å². The smallest absolute Gasteiger partial charge is 0.242 e. The summed E-state index contributed by atoms with van der Waals surface area (Å²) in [4.78, 5) is 19.1. The van der Waals surface area contributed by atoms with E-state index in [1.165, 1.54) is 11.1 Å². The van der Waals surface area contributed by atoms with Crippen molar-refractivity contribution in [2.45, 2.75) is 26.4 Å². The van der Waals surface area contributed by atoms with Crippen molar-refractivity contribution in [3.63, 3.8) is 0 Å². The Kier molecular flexibility index (Phi) is 8.19. The highest BCUT2D eigenvalue weighted by molar-refractivity contribution is 5.85. The van der Waals surface area contributed by atoms with E-state index >= 15 is 0 Å². The summed E-state index contributed by atoms with van der Waals surface area (Å²) < 4.78 is 16.0. The summed E-state index contributed by atoms with van der Waals surface area (Å²) >= 11 is 0. The van der Waals surface area contributed by atoms with E-state index in [0.717, 1.165) is 42.5 Å². The van der Waals surface area contributed by atoms with E-state index in [2.05, 4.69) is 20.5 Å². The number of hydrogen-bond donors (Lipinski definition) is 2. The first kappa shape index (κ1) is 23.2. The maximum atomic E-state index is 12.4. The molecular weight excluding hydrogens is 408 g/mol. The molecule has 0 radical (unpaired) electrons. The summed E-state index contributed by atoms with van der Waals surface area (Å²) in [6.45, 7) is 4.75. The summed E-state index contributed by atoms with van der Waals surface area (Å²) in [7, 11) is 4.92. The highest BCUT2D eigenvalue weighted by Crippen LogP contribution is 2.33. The number of rotatable bonds is 8. The van der Waals surface area contributed by atoms with Crippen molar-refractivity contribution in [2.75, 3.05) is 41.0 Å². The number of guanidine groups is 1. The molecule has 3 rings (SSSR count). The van der Waals surface area contributed by atoms with Crippen molar-refractivity contribution in [1.29, 1.82) is 0 Å². The van der Waals surface area contributed by atoms with Crippen molar-refractivity contribution in [3.05, 3.63) is 53.1 Å². The molecule has 1 aliphatic heterocycles. The van der Waals surface area contributed by atoms with E-state index < -0.39 is 0 Å². The van der Waals surface area contributed by atoms with Crippen molar-refractivity contribution in [1.82, 2.24) is 15.5 Å². The van der Waals surface area contributed by atoms with Crippen LogP contribution in [-0.4, -0.2) is 57.7 Å². The Morgan fingerprint density at radius 2 is 1.69 bits per heavy atom. The van der Waals surface area contributed by atoms with Gasteiger partial charge in [-0.1, -0.05) is 12.1 Å². The molecule has 1 aliphatic rings. The number of nitrogens with zero attached hydrogens (tertiary/aromatic N) is 2. The SMILES string of the molecule is CCNC(=NCC(=O)NCc1ccc(OC)cc1)N1CCc2cc(OC)c(OC)cc2C1. The second-order valence-corrected chi connectivity index (χ2v) is 7.44. The average Bonchev–Trinajstić information content (AvgIpc) is 2.84. The third-order valence-corrected chi connectivity index (χ3v) is 5.37. The zero-order valence-electron chi connectivity index (χ0n) is 19.2. The van der Waals surface area contributed by atoms with Crippen molar-refractivity contribution in [3.8, 4) is 17.2 Å². The number of benzene rings is 2. The fourth-order valence-electron chi connectivity index (χ4n) is 3.64. The lowest BCUT2D eigenvalue weighted by Crippen LogP contribution is -2.44. The highest BCUT2D eigenvalue weighted by atomic mass is 16.5. The van der Waals surface area contributed by atoms with Crippen LogP contribution in [0.2, 0.25) is 0 Å². The number of carbonyl (C=O) groups excluding carboxylic acids is 1. The quantitative estimate of drug-likeness (QED) is 0.484. The molecule has 0 unspecified atom stereocenters. The van der Waals surface area contributed by atoms with E-state index in [4.69, 9.17) is 14.2 Å². The van der Waals surface area contributed by atoms with E-state index in [1.54, 1.807) is 21.3 Å². The molecule has 172 valence electrons. The third-order valence-electron chi connectivity index (χ3n) is 5.37. The topological polar surface area (TPSA) is 84.4 Å². The number of hydrogen-bond acceptors (Lipinski definition) is 5. The van der Waals surface area contributed by atoms with Crippen LogP contribution in [0.25, 0.3) is 0 Å². The molecule has 0 aromatic heterocycles. The molecule has 2 aromatic carbocycles. The molecule has 8 nitrogen and oxygen atoms in total. The second kappa shape index (κ2) is 11.3. The molecule has 2 aromatic rings. The van der Waals surface area contributed by atoms with Gasteiger partial charge in [-0.05, 0) is 54.3 Å². The van der Waals surface area contributed by atoms with Gasteiger partial charge in [-0.3, -0.25) is 4.79 Å². The van der Waals surface area contributed by atoms with Gasteiger partial charge >= 0.3 is 0 Å². The average molecular weight is 441 g/mol. The maximum absolute atomic E-state index is 12.4. The zero-order valence-corrected chi connectivity index (χ0v) is 19.2. The maximum Gasteiger partial charge on any atom is 0.242 e. The van der Waals surface area contributed by atoms with Crippen LogP contribution in [0.5, 0.6) is 17.2 Å². The van der Waals surface area contributed by atoms with Crippen LogP contribution in [0.3, 0.4) is 0 Å². The van der Waals surface area contributed by atoms with Crippen molar-refractivity contribution >= 4 is 11.9 Å². The molecule has 0 atom stereocenters. The highest BCUT2D eigenvalue weighted by Gasteiger charge is 2.21. The van der Waals surface area contributed by atoms with Crippen molar-refractivity contribution < 1.29 is 19.0 Å². The first-order valence-electron chi connectivity index (χ1n) is 10.7. The molecule has 0 spiro atoms. The van der Waals surface area contributed by atoms with E-state index in [-0.39, 0.29) is 12.5 Å². The largest absolute Gasteiger partial charge is 0.497 e. The number of amides is 1. The summed E-state index contributed by atoms with van der Waals surface area (Å²) in [6, 6.07) is 11.7. The molecule has 1 heterocycles. The summed E-state index contributed by atoms with van der Waals surface area (Å²) in [5, 5.41) is 6.22. The zero-order chi connectivity index (χ0) is 22.9. The van der Waals surface area contributed by atoms with Crippen molar-refractivity contribution in [2.24, 2.45) is 4.99 Å². The Morgan fingerprint density at radius 1 is 1.00 bits per heavy atom. The van der Waals surface area contributed by atoms with Gasteiger partial charge in [-0.25, -0.2) is 4.99 Å². The lowest BCUT2D eigenvalue weighted by Gasteiger charge is -2.32. The minimum atomic E-state index is -0.125. The number of fused-ring (bicyclic) bond motifs is 1. The number of carbonyl (C=O) groups is 1. The molecule has 0 fully saturated rings. The van der Waals surface area contributed by atoms with Gasteiger partial charge in [0.2, 0.25) is 5.91 Å². The molecule has 32 heavy (non-hydrogen) atoms. The van der Waals surface area contributed by atoms with Gasteiger partial charge in [0.25, 0.3) is 0 Å². The van der Waals surface area contributed by atoms with Crippen LogP contribution in [0, 0.1) is 0 Å². The predicted octanol–water partition coefficient (Wildman–Crippen LogP) is 2.35. The summed E-state index contributed by atoms with van der Waals surface area (Å²) in [6.07, 6.45) is 0.865. The molecular formula is C24H32N4O4. The summed E-state index contributed by atoms with van der Waals surface area (Å²) in [5.41, 5.74) is 3.42. The number of aliphatic imine (C=N–C) groups is 1. The predicted molar refractivity (Wildman–Crippen MR) is 124 cm³/mol. The van der Waals surface area contributed by atoms with Crippen LogP contribution in [-0.2, 0) is 24.3 Å². The molecule has 8 heteroatoms. The lowest BCUT2D eigenvalue weighted by molar-refractivity contribution is -0.119. The molecule has 0 saturated heterocycles. The van der Waals surface area contributed by atoms with Crippen LogP contribution in [0.15, 0.2) is 41.4 Å². The fourth-order valence-corrected chi connectivity index (χ4v) is 3.64. The first-order chi connectivity index (χ1) is 15.6. The number of ether oxygens (including phenoxy) is 3. The van der Waals surface area contributed by atoms with Gasteiger partial charge in [0.05, 0.1) is 21.3 Å². The number of nitrogens with one attached hydrogen (secondary N) is 2. The third kappa shape index (κ3) is 5.84. The van der Waals surface area contributed by atoms with Gasteiger partial charge in [0.15, 0.2) is 17.5 Å². The fraction of sp³-hybridized carbons (Fsp3) is 0.417. The molecule has 1 amide bonds. The van der Waals surface area contributed by atoms with Gasteiger partial charge in [0, 0.05) is 26.2 Å². The van der Waals surface area contributed by atoms with Gasteiger partial charge in [-0.2, -0.15) is 0 Å². The molecule has 0 saturated carbocycles. The van der Waals surface area contributed by atoms with E-state index in [9.17, 15) is 4.79 Å². The number of methoxy groups -OCH3 is 3. The minimum absolute atomic E-state index is 0.0633. The summed E-state index contributed by atoms with van der Waals surface area (Å²) in [5.74, 6) is 2.86. The Hall–Kier alpha value is -3.42. The Morgan fingerprint density at radius 3 is 2.31 bits per heavy atom. The van der Waals surface area contributed by atoms with Crippen LogP contribution in [0.4, 0.5) is 0 Å². The standard InChI is InChI=1S/C24H32N4O4/c1-5-25-24(27-15-23(29)26-14-17-6-8-20(30-2)9-7-17)28-11-10-18-12-21(31-3)22(32-4)13-19(18)16-28/h6-9,12-13H,5,10-11,14-16H2,1-4H3,(H,25,27)(H,26,29). The van der Waals surface area contributed by atoms with Crippen LogP contribution >= 0.6 is 0 Å².